The van der Waals surface area contributed by atoms with Crippen LogP contribution in [0.15, 0.2) is 58.1 Å². The minimum absolute atomic E-state index is 0.0356. The number of aliphatic hydroxyl groups excluding tert-OH is 1. The van der Waals surface area contributed by atoms with Crippen molar-refractivity contribution < 1.29 is 23.4 Å². The number of fused-ring (bicyclic) bond motifs is 1. The average molecular weight is 535 g/mol. The van der Waals surface area contributed by atoms with Crippen LogP contribution in [0.4, 0.5) is 8.78 Å². The van der Waals surface area contributed by atoms with Crippen LogP contribution in [0.5, 0.6) is 11.8 Å². The van der Waals surface area contributed by atoms with Crippen LogP contribution in [0.25, 0.3) is 11.2 Å². The molecule has 0 aliphatic rings. The first kappa shape index (κ1) is 26.5. The average Bonchev–Trinajstić information content (AvgIpc) is 3.21. The zero-order valence-corrected chi connectivity index (χ0v) is 20.9. The number of aryl methyl sites for hydroxylation is 1. The number of nitrogens with zero attached hydrogens (tertiary/aromatic N) is 4. The zero-order valence-electron chi connectivity index (χ0n) is 20.2. The van der Waals surface area contributed by atoms with Gasteiger partial charge >= 0.3 is 11.7 Å². The lowest BCUT2D eigenvalue weighted by atomic mass is 10.1. The fourth-order valence-electron chi connectivity index (χ4n) is 3.81. The van der Waals surface area contributed by atoms with Crippen molar-refractivity contribution in [1.82, 2.24) is 18.7 Å². The summed E-state index contributed by atoms with van der Waals surface area (Å²) in [5.41, 5.74) is -0.553. The van der Waals surface area contributed by atoms with Crippen molar-refractivity contribution in [2.75, 3.05) is 19.8 Å². The molecule has 0 aliphatic carbocycles. The molecule has 0 saturated heterocycles. The monoisotopic (exact) mass is 534 g/mol. The summed E-state index contributed by atoms with van der Waals surface area (Å²) in [4.78, 5) is 30.8. The van der Waals surface area contributed by atoms with Crippen molar-refractivity contribution in [3.05, 3.63) is 85.5 Å². The predicted molar refractivity (Wildman–Crippen MR) is 134 cm³/mol. The number of halogens is 3. The maximum atomic E-state index is 13.9. The summed E-state index contributed by atoms with van der Waals surface area (Å²) >= 11 is 6.01. The van der Waals surface area contributed by atoms with Gasteiger partial charge in [0.15, 0.2) is 11.2 Å². The molecule has 9 nitrogen and oxygen atoms in total. The summed E-state index contributed by atoms with van der Waals surface area (Å²) in [5.74, 6) is -2.99. The standard InChI is InChI=1S/C25H25ClF2N4O5/c1-25(27,28)17-4-3-5-19(14-17)37-23-29-21-20(32(23)15-16-6-8-18(26)9-7-16)22(34)31(24(35)30(21)2)10-12-36-13-11-33/h3-9,14,33H,10-13,15H2,1-2H3. The maximum Gasteiger partial charge on any atom is 0.332 e. The molecule has 0 radical (unpaired) electrons. The van der Waals surface area contributed by atoms with E-state index in [4.69, 9.17) is 26.2 Å². The van der Waals surface area contributed by atoms with E-state index in [-0.39, 0.29) is 61.4 Å². The molecule has 2 heterocycles. The fraction of sp³-hybridized carbons (Fsp3) is 0.320. The maximum absolute atomic E-state index is 13.9. The van der Waals surface area contributed by atoms with E-state index in [9.17, 15) is 18.4 Å². The highest BCUT2D eigenvalue weighted by atomic mass is 35.5. The van der Waals surface area contributed by atoms with Gasteiger partial charge in [-0.15, -0.1) is 0 Å². The molecule has 2 aromatic heterocycles. The molecule has 1 N–H and O–H groups in total. The van der Waals surface area contributed by atoms with Crippen LogP contribution in [0, 0.1) is 0 Å². The number of aromatic nitrogens is 4. The molecule has 0 amide bonds. The topological polar surface area (TPSA) is 101 Å². The van der Waals surface area contributed by atoms with Crippen LogP contribution in [-0.2, 0) is 30.8 Å². The highest BCUT2D eigenvalue weighted by molar-refractivity contribution is 6.30. The van der Waals surface area contributed by atoms with E-state index in [0.717, 1.165) is 17.1 Å². The molecule has 2 aromatic carbocycles. The summed E-state index contributed by atoms with van der Waals surface area (Å²) in [6, 6.07) is 12.3. The van der Waals surface area contributed by atoms with E-state index >= 15 is 0 Å². The van der Waals surface area contributed by atoms with Gasteiger partial charge in [-0.05, 0) is 29.8 Å². The molecule has 196 valence electrons. The lowest BCUT2D eigenvalue weighted by Crippen LogP contribution is -2.40. The minimum atomic E-state index is -3.08. The Balaban J connectivity index is 1.86. The second-order valence-electron chi connectivity index (χ2n) is 8.43. The molecule has 12 heteroatoms. The van der Waals surface area contributed by atoms with Gasteiger partial charge in [0.05, 0.1) is 32.9 Å². The van der Waals surface area contributed by atoms with Gasteiger partial charge in [0.1, 0.15) is 5.75 Å². The Morgan fingerprint density at radius 2 is 1.81 bits per heavy atom. The quantitative estimate of drug-likeness (QED) is 0.313. The van der Waals surface area contributed by atoms with Crippen molar-refractivity contribution >= 4 is 22.8 Å². The number of hydrogen-bond acceptors (Lipinski definition) is 6. The van der Waals surface area contributed by atoms with E-state index in [1.54, 1.807) is 24.3 Å². The second kappa shape index (κ2) is 10.8. The first-order chi connectivity index (χ1) is 17.6. The van der Waals surface area contributed by atoms with Crippen molar-refractivity contribution in [3.63, 3.8) is 0 Å². The molecular formula is C25H25ClF2N4O5. The second-order valence-corrected chi connectivity index (χ2v) is 8.87. The van der Waals surface area contributed by atoms with Crippen molar-refractivity contribution in [2.24, 2.45) is 7.05 Å². The van der Waals surface area contributed by atoms with E-state index in [1.807, 2.05) is 0 Å². The number of rotatable bonds is 10. The number of benzene rings is 2. The molecule has 4 aromatic rings. The van der Waals surface area contributed by atoms with Gasteiger partial charge in [-0.3, -0.25) is 18.5 Å². The van der Waals surface area contributed by atoms with Crippen LogP contribution in [-0.4, -0.2) is 43.6 Å². The van der Waals surface area contributed by atoms with Gasteiger partial charge in [0.2, 0.25) is 0 Å². The van der Waals surface area contributed by atoms with Gasteiger partial charge in [-0.25, -0.2) is 13.6 Å². The third kappa shape index (κ3) is 5.74. The normalized spacial score (nSPS) is 11.8. The minimum Gasteiger partial charge on any atom is -0.425 e. The predicted octanol–water partition coefficient (Wildman–Crippen LogP) is 3.51. The lowest BCUT2D eigenvalue weighted by Gasteiger charge is -2.13. The zero-order chi connectivity index (χ0) is 26.7. The molecule has 0 unspecified atom stereocenters. The third-order valence-corrected chi connectivity index (χ3v) is 5.95. The van der Waals surface area contributed by atoms with Crippen LogP contribution >= 0.6 is 11.6 Å². The molecule has 0 atom stereocenters. The van der Waals surface area contributed by atoms with Crippen LogP contribution in [0.3, 0.4) is 0 Å². The van der Waals surface area contributed by atoms with E-state index in [2.05, 4.69) is 4.98 Å². The van der Waals surface area contributed by atoms with Crippen LogP contribution in [0.1, 0.15) is 18.1 Å². The lowest BCUT2D eigenvalue weighted by molar-refractivity contribution is 0.0173. The van der Waals surface area contributed by atoms with Gasteiger partial charge in [-0.1, -0.05) is 35.9 Å². The molecular weight excluding hydrogens is 510 g/mol. The van der Waals surface area contributed by atoms with E-state index < -0.39 is 17.2 Å². The Morgan fingerprint density at radius 3 is 2.49 bits per heavy atom. The molecule has 0 bridgehead atoms. The smallest absolute Gasteiger partial charge is 0.332 e. The third-order valence-electron chi connectivity index (χ3n) is 5.70. The van der Waals surface area contributed by atoms with Gasteiger partial charge < -0.3 is 14.6 Å². The highest BCUT2D eigenvalue weighted by Crippen LogP contribution is 2.32. The molecule has 4 rings (SSSR count). The highest BCUT2D eigenvalue weighted by Gasteiger charge is 2.26. The molecule has 0 spiro atoms. The molecule has 0 saturated carbocycles. The fourth-order valence-corrected chi connectivity index (χ4v) is 3.93. The molecule has 37 heavy (non-hydrogen) atoms. The van der Waals surface area contributed by atoms with Crippen molar-refractivity contribution in [1.29, 1.82) is 0 Å². The Bertz CT molecular complexity index is 1520. The largest absolute Gasteiger partial charge is 0.425 e. The summed E-state index contributed by atoms with van der Waals surface area (Å²) in [7, 11) is 1.47. The summed E-state index contributed by atoms with van der Waals surface area (Å²) in [5, 5.41) is 9.43. The Kier molecular flexibility index (Phi) is 7.76. The number of imidazole rings is 1. The van der Waals surface area contributed by atoms with E-state index in [0.29, 0.717) is 5.02 Å². The first-order valence-electron chi connectivity index (χ1n) is 11.4. The first-order valence-corrected chi connectivity index (χ1v) is 11.8. The summed E-state index contributed by atoms with van der Waals surface area (Å²) in [6.07, 6.45) is 0. The number of ether oxygens (including phenoxy) is 2. The van der Waals surface area contributed by atoms with Gasteiger partial charge in [0, 0.05) is 24.6 Å². The van der Waals surface area contributed by atoms with Gasteiger partial charge in [-0.2, -0.15) is 4.98 Å². The summed E-state index contributed by atoms with van der Waals surface area (Å²) in [6.45, 7) is 0.780. The Morgan fingerprint density at radius 1 is 1.08 bits per heavy atom. The Hall–Kier alpha value is -3.54. The van der Waals surface area contributed by atoms with Crippen LogP contribution < -0.4 is 16.0 Å². The number of alkyl halides is 2. The van der Waals surface area contributed by atoms with E-state index in [1.165, 1.54) is 40.4 Å². The Labute approximate surface area is 215 Å². The van der Waals surface area contributed by atoms with Crippen LogP contribution in [0.2, 0.25) is 5.02 Å². The molecule has 0 aliphatic heterocycles. The van der Waals surface area contributed by atoms with Crippen molar-refractivity contribution in [3.8, 4) is 11.8 Å². The summed E-state index contributed by atoms with van der Waals surface area (Å²) < 4.78 is 42.6. The number of aliphatic hydroxyl groups is 1. The number of hydrogen-bond donors (Lipinski definition) is 1. The van der Waals surface area contributed by atoms with Gasteiger partial charge in [0.25, 0.3) is 11.5 Å². The SMILES string of the molecule is Cn1c(=O)n(CCOCCO)c(=O)c2c1nc(Oc1cccc(C(C)(F)F)c1)n2Cc1ccc(Cl)cc1. The molecule has 0 fully saturated rings. The van der Waals surface area contributed by atoms with Crippen molar-refractivity contribution in [2.45, 2.75) is 25.9 Å².